The second kappa shape index (κ2) is 7.86. The van der Waals surface area contributed by atoms with Crippen LogP contribution in [-0.4, -0.2) is 39.3 Å². The van der Waals surface area contributed by atoms with Crippen LogP contribution >= 0.6 is 11.6 Å². The Labute approximate surface area is 152 Å². The van der Waals surface area contributed by atoms with Gasteiger partial charge in [0.25, 0.3) is 0 Å². The largest absolute Gasteiger partial charge is 0.376 e. The molecule has 0 aliphatic carbocycles. The van der Waals surface area contributed by atoms with E-state index < -0.39 is 10.0 Å². The summed E-state index contributed by atoms with van der Waals surface area (Å²) in [5.41, 5.74) is 2.00. The topological polar surface area (TPSA) is 78.5 Å². The van der Waals surface area contributed by atoms with Crippen molar-refractivity contribution in [2.75, 3.05) is 31.3 Å². The smallest absolute Gasteiger partial charge is 0.243 e. The van der Waals surface area contributed by atoms with E-state index >= 15 is 0 Å². The zero-order valence-electron chi connectivity index (χ0n) is 14.2. The van der Waals surface area contributed by atoms with Gasteiger partial charge in [-0.15, -0.1) is 0 Å². The number of aryl methyl sites for hydroxylation is 1. The monoisotopic (exact) mass is 381 g/mol. The molecule has 0 bridgehead atoms. The van der Waals surface area contributed by atoms with Crippen molar-refractivity contribution >= 4 is 38.9 Å². The van der Waals surface area contributed by atoms with E-state index in [0.717, 1.165) is 15.6 Å². The van der Waals surface area contributed by atoms with Crippen LogP contribution in [0.25, 0.3) is 0 Å². The van der Waals surface area contributed by atoms with E-state index in [4.69, 9.17) is 11.6 Å². The molecule has 0 fully saturated rings. The number of nitrogens with one attached hydrogen (secondary N) is 2. The van der Waals surface area contributed by atoms with Crippen molar-refractivity contribution in [2.24, 2.45) is 0 Å². The summed E-state index contributed by atoms with van der Waals surface area (Å²) in [6.45, 7) is 1.85. The first-order chi connectivity index (χ1) is 11.7. The third-order valence-corrected chi connectivity index (χ3v) is 5.62. The van der Waals surface area contributed by atoms with E-state index in [1.165, 1.54) is 26.2 Å². The Hall–Kier alpha value is -2.09. The van der Waals surface area contributed by atoms with Gasteiger partial charge in [-0.2, -0.15) is 0 Å². The number of nitrogens with zero attached hydrogens (tertiary/aromatic N) is 1. The van der Waals surface area contributed by atoms with Crippen LogP contribution in [0.3, 0.4) is 0 Å². The lowest BCUT2D eigenvalue weighted by molar-refractivity contribution is -0.114. The molecule has 0 atom stereocenters. The molecule has 2 aromatic rings. The number of halogens is 1. The highest BCUT2D eigenvalue weighted by atomic mass is 35.5. The lowest BCUT2D eigenvalue weighted by Crippen LogP contribution is -2.24. The molecule has 0 saturated carbocycles. The van der Waals surface area contributed by atoms with Crippen LogP contribution in [0.1, 0.15) is 5.56 Å². The number of sulfonamides is 1. The van der Waals surface area contributed by atoms with Gasteiger partial charge in [-0.1, -0.05) is 17.7 Å². The van der Waals surface area contributed by atoms with Crippen LogP contribution in [0.2, 0.25) is 5.02 Å². The number of amides is 1. The minimum absolute atomic E-state index is 0.0474. The van der Waals surface area contributed by atoms with Gasteiger partial charge in [0.15, 0.2) is 0 Å². The molecule has 2 N–H and O–H groups in total. The summed E-state index contributed by atoms with van der Waals surface area (Å²) < 4.78 is 25.5. The summed E-state index contributed by atoms with van der Waals surface area (Å²) in [5.74, 6) is -0.280. The van der Waals surface area contributed by atoms with Gasteiger partial charge in [0, 0.05) is 30.5 Å². The molecule has 25 heavy (non-hydrogen) atoms. The van der Waals surface area contributed by atoms with E-state index in [-0.39, 0.29) is 17.3 Å². The molecule has 0 aromatic heterocycles. The zero-order valence-corrected chi connectivity index (χ0v) is 15.8. The molecule has 8 heteroatoms. The summed E-state index contributed by atoms with van der Waals surface area (Å²) in [5, 5.41) is 6.33. The second-order valence-electron chi connectivity index (χ2n) is 5.67. The molecule has 6 nitrogen and oxygen atoms in total. The molecule has 0 unspecified atom stereocenters. The van der Waals surface area contributed by atoms with Gasteiger partial charge in [0.05, 0.1) is 11.4 Å². The summed E-state index contributed by atoms with van der Waals surface area (Å²) in [7, 11) is -0.634. The summed E-state index contributed by atoms with van der Waals surface area (Å²) >= 11 is 5.81. The molecule has 0 aliphatic rings. The van der Waals surface area contributed by atoms with Crippen LogP contribution < -0.4 is 10.6 Å². The molecule has 1 amide bonds. The molecule has 0 aliphatic heterocycles. The number of carbonyl (C=O) groups excluding carboxylic acids is 1. The number of hydrogen-bond acceptors (Lipinski definition) is 4. The van der Waals surface area contributed by atoms with Crippen LogP contribution in [0.4, 0.5) is 11.4 Å². The minimum Gasteiger partial charge on any atom is -0.376 e. The van der Waals surface area contributed by atoms with E-state index in [0.29, 0.717) is 10.7 Å². The standard InChI is InChI=1S/C17H20ClN3O3S/c1-12-4-9-15(25(23,24)21(2)3)10-16(12)20-17(22)11-19-14-7-5-13(18)6-8-14/h4-10,19H,11H2,1-3H3,(H,20,22). The van der Waals surface area contributed by atoms with Gasteiger partial charge in [0.1, 0.15) is 0 Å². The van der Waals surface area contributed by atoms with Crippen LogP contribution in [0, 0.1) is 6.92 Å². The third-order valence-electron chi connectivity index (χ3n) is 3.56. The second-order valence-corrected chi connectivity index (χ2v) is 8.26. The first-order valence-electron chi connectivity index (χ1n) is 7.52. The highest BCUT2D eigenvalue weighted by Crippen LogP contribution is 2.22. The molecule has 0 spiro atoms. The Morgan fingerprint density at radius 3 is 2.36 bits per heavy atom. The van der Waals surface area contributed by atoms with E-state index in [1.807, 2.05) is 0 Å². The van der Waals surface area contributed by atoms with Gasteiger partial charge in [-0.25, -0.2) is 12.7 Å². The molecule has 0 heterocycles. The zero-order chi connectivity index (χ0) is 18.6. The van der Waals surface area contributed by atoms with Crippen molar-refractivity contribution in [3.8, 4) is 0 Å². The fraction of sp³-hybridized carbons (Fsp3) is 0.235. The van der Waals surface area contributed by atoms with Gasteiger partial charge < -0.3 is 10.6 Å². The van der Waals surface area contributed by atoms with E-state index in [2.05, 4.69) is 10.6 Å². The Balaban J connectivity index is 2.08. The maximum Gasteiger partial charge on any atom is 0.243 e. The van der Waals surface area contributed by atoms with E-state index in [1.54, 1.807) is 37.3 Å². The first-order valence-corrected chi connectivity index (χ1v) is 9.34. The molecular formula is C17H20ClN3O3S. The van der Waals surface area contributed by atoms with Gasteiger partial charge >= 0.3 is 0 Å². The SMILES string of the molecule is Cc1ccc(S(=O)(=O)N(C)C)cc1NC(=O)CNc1ccc(Cl)cc1. The maximum absolute atomic E-state index is 12.2. The summed E-state index contributed by atoms with van der Waals surface area (Å²) in [6.07, 6.45) is 0. The van der Waals surface area contributed by atoms with Crippen molar-refractivity contribution < 1.29 is 13.2 Å². The average Bonchev–Trinajstić information content (AvgIpc) is 2.56. The highest BCUT2D eigenvalue weighted by molar-refractivity contribution is 7.89. The normalized spacial score (nSPS) is 11.4. The van der Waals surface area contributed by atoms with Crippen LogP contribution in [-0.2, 0) is 14.8 Å². The first kappa shape index (κ1) is 19.2. The minimum atomic E-state index is -3.56. The van der Waals surface area contributed by atoms with Gasteiger partial charge in [-0.05, 0) is 48.9 Å². The third kappa shape index (κ3) is 4.94. The molecule has 0 saturated heterocycles. The van der Waals surface area contributed by atoms with Gasteiger partial charge in [-0.3, -0.25) is 4.79 Å². The highest BCUT2D eigenvalue weighted by Gasteiger charge is 2.18. The molecule has 2 rings (SSSR count). The van der Waals surface area contributed by atoms with Crippen LogP contribution in [0.5, 0.6) is 0 Å². The lowest BCUT2D eigenvalue weighted by Gasteiger charge is -2.14. The fourth-order valence-electron chi connectivity index (χ4n) is 2.05. The molecule has 134 valence electrons. The Morgan fingerprint density at radius 2 is 1.76 bits per heavy atom. The van der Waals surface area contributed by atoms with Crippen molar-refractivity contribution in [1.82, 2.24) is 4.31 Å². The Morgan fingerprint density at radius 1 is 1.12 bits per heavy atom. The molecular weight excluding hydrogens is 362 g/mol. The number of rotatable bonds is 6. The van der Waals surface area contributed by atoms with Crippen molar-refractivity contribution in [3.05, 3.63) is 53.1 Å². The van der Waals surface area contributed by atoms with E-state index in [9.17, 15) is 13.2 Å². The molecule has 0 radical (unpaired) electrons. The lowest BCUT2D eigenvalue weighted by atomic mass is 10.2. The maximum atomic E-state index is 12.2. The summed E-state index contributed by atoms with van der Waals surface area (Å²) in [4.78, 5) is 12.3. The molecule has 2 aromatic carbocycles. The van der Waals surface area contributed by atoms with Crippen LogP contribution in [0.15, 0.2) is 47.4 Å². The van der Waals surface area contributed by atoms with Gasteiger partial charge in [0.2, 0.25) is 15.9 Å². The predicted molar refractivity (Wildman–Crippen MR) is 101 cm³/mol. The predicted octanol–water partition coefficient (Wildman–Crippen LogP) is 2.95. The quantitative estimate of drug-likeness (QED) is 0.806. The number of carbonyl (C=O) groups is 1. The fourth-order valence-corrected chi connectivity index (χ4v) is 3.11. The Kier molecular flexibility index (Phi) is 6.05. The number of anilines is 2. The number of benzene rings is 2. The number of hydrogen-bond donors (Lipinski definition) is 2. The average molecular weight is 382 g/mol. The van der Waals surface area contributed by atoms with Crippen molar-refractivity contribution in [2.45, 2.75) is 11.8 Å². The Bertz CT molecular complexity index is 865. The summed E-state index contributed by atoms with van der Waals surface area (Å²) in [6, 6.07) is 11.6. The van der Waals surface area contributed by atoms with Crippen molar-refractivity contribution in [3.63, 3.8) is 0 Å². The van der Waals surface area contributed by atoms with Crippen molar-refractivity contribution in [1.29, 1.82) is 0 Å².